The normalized spacial score (nSPS) is 12.8. The van der Waals surface area contributed by atoms with Crippen molar-refractivity contribution in [2.75, 3.05) is 0 Å². The monoisotopic (exact) mass is 400 g/mol. The zero-order valence-electron chi connectivity index (χ0n) is 19.8. The van der Waals surface area contributed by atoms with Crippen molar-refractivity contribution >= 4 is 6.29 Å². The Bertz CT molecular complexity index is 488. The van der Waals surface area contributed by atoms with Gasteiger partial charge in [0.15, 0.2) is 0 Å². The summed E-state index contributed by atoms with van der Waals surface area (Å²) in [6, 6.07) is 10.8. The highest BCUT2D eigenvalue weighted by Gasteiger charge is 2.34. The smallest absolute Gasteiger partial charge is 0.126 e. The Morgan fingerprint density at radius 2 is 1.21 bits per heavy atom. The minimum absolute atomic E-state index is 0.145. The largest absolute Gasteiger partial charge is 0.303 e. The molecule has 0 amide bonds. The van der Waals surface area contributed by atoms with Gasteiger partial charge in [-0.1, -0.05) is 128 Å². The highest BCUT2D eigenvalue weighted by Crippen LogP contribution is 2.38. The molecule has 1 unspecified atom stereocenters. The van der Waals surface area contributed by atoms with Crippen LogP contribution in [0.3, 0.4) is 0 Å². The van der Waals surface area contributed by atoms with E-state index >= 15 is 0 Å². The highest BCUT2D eigenvalue weighted by atomic mass is 16.1. The first kappa shape index (κ1) is 25.9. The van der Waals surface area contributed by atoms with Gasteiger partial charge in [-0.05, 0) is 37.2 Å². The van der Waals surface area contributed by atoms with E-state index in [4.69, 9.17) is 0 Å². The zero-order chi connectivity index (χ0) is 21.2. The molecule has 0 aliphatic rings. The van der Waals surface area contributed by atoms with Crippen molar-refractivity contribution in [3.8, 4) is 0 Å². The third-order valence-electron chi connectivity index (χ3n) is 7.10. The molecule has 0 fully saturated rings. The van der Waals surface area contributed by atoms with Gasteiger partial charge in [0.1, 0.15) is 6.29 Å². The lowest BCUT2D eigenvalue weighted by Crippen LogP contribution is -2.32. The van der Waals surface area contributed by atoms with E-state index in [0.29, 0.717) is 5.92 Å². The quantitative estimate of drug-likeness (QED) is 0.167. The second-order valence-corrected chi connectivity index (χ2v) is 9.12. The zero-order valence-corrected chi connectivity index (χ0v) is 19.8. The summed E-state index contributed by atoms with van der Waals surface area (Å²) < 4.78 is 0. The Morgan fingerprint density at radius 1 is 0.724 bits per heavy atom. The minimum Gasteiger partial charge on any atom is -0.303 e. The Balaban J connectivity index is 2.29. The molecule has 1 atom stereocenters. The van der Waals surface area contributed by atoms with Gasteiger partial charge < -0.3 is 4.79 Å². The van der Waals surface area contributed by atoms with E-state index in [1.54, 1.807) is 0 Å². The first-order valence-electron chi connectivity index (χ1n) is 12.7. The summed E-state index contributed by atoms with van der Waals surface area (Å²) in [5, 5.41) is 0. The molecule has 0 spiro atoms. The fraction of sp³-hybridized carbons (Fsp3) is 0.750. The third kappa shape index (κ3) is 10.5. The molecule has 0 saturated carbocycles. The first-order chi connectivity index (χ1) is 14.2. The average Bonchev–Trinajstić information content (AvgIpc) is 2.76. The molecule has 1 aromatic carbocycles. The molecule has 0 bridgehead atoms. The van der Waals surface area contributed by atoms with Crippen LogP contribution in [-0.2, 0) is 11.2 Å². The van der Waals surface area contributed by atoms with E-state index in [1.807, 2.05) is 0 Å². The van der Waals surface area contributed by atoms with E-state index in [1.165, 1.54) is 95.3 Å². The number of benzene rings is 1. The molecule has 29 heavy (non-hydrogen) atoms. The molecule has 1 rings (SSSR count). The number of carbonyl (C=O) groups is 1. The molecule has 0 heterocycles. The molecule has 0 N–H and O–H groups in total. The summed E-state index contributed by atoms with van der Waals surface area (Å²) in [5.74, 6) is 0.473. The first-order valence-corrected chi connectivity index (χ1v) is 12.7. The Labute approximate surface area is 182 Å². The lowest BCUT2D eigenvalue weighted by molar-refractivity contribution is -0.119. The summed E-state index contributed by atoms with van der Waals surface area (Å²) in [4.78, 5) is 12.0. The Morgan fingerprint density at radius 3 is 1.66 bits per heavy atom. The fourth-order valence-electron chi connectivity index (χ4n) is 4.81. The molecule has 0 saturated heterocycles. The van der Waals surface area contributed by atoms with Crippen molar-refractivity contribution < 1.29 is 4.79 Å². The van der Waals surface area contributed by atoms with Crippen molar-refractivity contribution in [2.45, 2.75) is 124 Å². The van der Waals surface area contributed by atoms with E-state index in [0.717, 1.165) is 19.3 Å². The second kappa shape index (κ2) is 16.7. The van der Waals surface area contributed by atoms with E-state index in [-0.39, 0.29) is 5.41 Å². The van der Waals surface area contributed by atoms with Crippen LogP contribution in [0.4, 0.5) is 0 Å². The summed E-state index contributed by atoms with van der Waals surface area (Å²) in [5.41, 5.74) is 1.23. The van der Waals surface area contributed by atoms with Crippen LogP contribution in [0.1, 0.15) is 123 Å². The van der Waals surface area contributed by atoms with Crippen molar-refractivity contribution in [1.29, 1.82) is 0 Å². The van der Waals surface area contributed by atoms with E-state index < -0.39 is 0 Å². The summed E-state index contributed by atoms with van der Waals surface area (Å²) in [7, 11) is 0. The van der Waals surface area contributed by atoms with Crippen LogP contribution in [0.15, 0.2) is 30.3 Å². The van der Waals surface area contributed by atoms with E-state index in [9.17, 15) is 4.79 Å². The van der Waals surface area contributed by atoms with Gasteiger partial charge in [-0.2, -0.15) is 0 Å². The van der Waals surface area contributed by atoms with Crippen LogP contribution < -0.4 is 0 Å². The van der Waals surface area contributed by atoms with Crippen molar-refractivity contribution in [2.24, 2.45) is 11.3 Å². The SMILES string of the molecule is CCCCCCCCCCCCCCC(Cc1ccccc1)C(C=O)(CC)CC. The molecule has 166 valence electrons. The highest BCUT2D eigenvalue weighted by molar-refractivity contribution is 5.60. The third-order valence-corrected chi connectivity index (χ3v) is 7.10. The van der Waals surface area contributed by atoms with Crippen molar-refractivity contribution in [1.82, 2.24) is 0 Å². The van der Waals surface area contributed by atoms with Crippen LogP contribution in [0.5, 0.6) is 0 Å². The number of unbranched alkanes of at least 4 members (excludes halogenated alkanes) is 11. The van der Waals surface area contributed by atoms with E-state index in [2.05, 4.69) is 51.1 Å². The maximum Gasteiger partial charge on any atom is 0.126 e. The molecule has 0 radical (unpaired) electrons. The minimum atomic E-state index is -0.145. The van der Waals surface area contributed by atoms with Gasteiger partial charge in [-0.3, -0.25) is 0 Å². The maximum atomic E-state index is 12.0. The van der Waals surface area contributed by atoms with Crippen LogP contribution in [0.2, 0.25) is 0 Å². The number of carbonyl (C=O) groups excluding carboxylic acids is 1. The van der Waals surface area contributed by atoms with Crippen LogP contribution in [-0.4, -0.2) is 6.29 Å². The molecule has 1 heteroatoms. The van der Waals surface area contributed by atoms with Crippen molar-refractivity contribution in [3.63, 3.8) is 0 Å². The lowest BCUT2D eigenvalue weighted by Gasteiger charge is -2.35. The molecule has 0 aromatic heterocycles. The Kier molecular flexibility index (Phi) is 14.9. The number of hydrogen-bond acceptors (Lipinski definition) is 1. The summed E-state index contributed by atoms with van der Waals surface area (Å²) in [6.07, 6.45) is 22.1. The van der Waals surface area contributed by atoms with Crippen LogP contribution in [0.25, 0.3) is 0 Å². The topological polar surface area (TPSA) is 17.1 Å². The van der Waals surface area contributed by atoms with Gasteiger partial charge in [0.05, 0.1) is 0 Å². The molecule has 0 aliphatic heterocycles. The molecule has 1 aromatic rings. The van der Waals surface area contributed by atoms with Crippen LogP contribution in [0, 0.1) is 11.3 Å². The van der Waals surface area contributed by atoms with Crippen LogP contribution >= 0.6 is 0 Å². The second-order valence-electron chi connectivity index (χ2n) is 9.12. The number of aldehydes is 1. The molecule has 0 aliphatic carbocycles. The maximum absolute atomic E-state index is 12.0. The molecular formula is C28H48O. The van der Waals surface area contributed by atoms with Gasteiger partial charge in [-0.15, -0.1) is 0 Å². The van der Waals surface area contributed by atoms with Gasteiger partial charge in [0.25, 0.3) is 0 Å². The number of hydrogen-bond donors (Lipinski definition) is 0. The van der Waals surface area contributed by atoms with Gasteiger partial charge >= 0.3 is 0 Å². The van der Waals surface area contributed by atoms with Gasteiger partial charge in [-0.25, -0.2) is 0 Å². The van der Waals surface area contributed by atoms with Gasteiger partial charge in [0, 0.05) is 5.41 Å². The fourth-order valence-corrected chi connectivity index (χ4v) is 4.81. The van der Waals surface area contributed by atoms with Gasteiger partial charge in [0.2, 0.25) is 0 Å². The summed E-state index contributed by atoms with van der Waals surface area (Å²) in [6.45, 7) is 6.67. The standard InChI is InChI=1S/C28H48O/c1-4-7-8-9-10-11-12-13-14-15-16-20-23-27(28(5-2,6-3)25-29)24-26-21-18-17-19-22-26/h17-19,21-22,25,27H,4-16,20,23-24H2,1-3H3. The summed E-state index contributed by atoms with van der Waals surface area (Å²) >= 11 is 0. The average molecular weight is 401 g/mol. The molecular weight excluding hydrogens is 352 g/mol. The number of rotatable bonds is 19. The molecule has 1 nitrogen and oxygen atoms in total. The lowest BCUT2D eigenvalue weighted by atomic mass is 9.68. The predicted octanol–water partition coefficient (Wildman–Crippen LogP) is 8.94. The Hall–Kier alpha value is -1.11. The predicted molar refractivity (Wildman–Crippen MR) is 128 cm³/mol. The van der Waals surface area contributed by atoms with Crippen molar-refractivity contribution in [3.05, 3.63) is 35.9 Å².